The molecule has 0 aliphatic carbocycles. The van der Waals surface area contributed by atoms with Gasteiger partial charge in [0.15, 0.2) is 16.9 Å². The summed E-state index contributed by atoms with van der Waals surface area (Å²) in [5, 5.41) is 9.07. The Morgan fingerprint density at radius 2 is 0.786 bits per heavy atom. The van der Waals surface area contributed by atoms with Gasteiger partial charge in [-0.25, -0.2) is 47.8 Å². The Morgan fingerprint density at radius 1 is 0.393 bits per heavy atom. The third-order valence-corrected chi connectivity index (χ3v) is 20.9. The average molecular weight is 1170 g/mol. The van der Waals surface area contributed by atoms with E-state index in [1.165, 1.54) is 67.7 Å². The lowest BCUT2D eigenvalue weighted by Gasteiger charge is -2.00. The van der Waals surface area contributed by atoms with E-state index >= 15 is 0 Å². The molecule has 4 aliphatic rings. The third-order valence-electron chi connectivity index (χ3n) is 16.1. The fourth-order valence-electron chi connectivity index (χ4n) is 12.4. The number of aromatic nitrogens is 15. The maximum atomic E-state index is 7.95. The number of hydrogen-bond acceptors (Lipinski definition) is 13. The largest absolute Gasteiger partial charge is 0.395 e. The molecule has 0 fully saturated rings. The van der Waals surface area contributed by atoms with Gasteiger partial charge in [0.2, 0.25) is 37.7 Å². The summed E-state index contributed by atoms with van der Waals surface area (Å²) in [6, 6.07) is 43.0. The van der Waals surface area contributed by atoms with Crippen molar-refractivity contribution in [2.45, 2.75) is 26.2 Å². The topological polar surface area (TPSA) is 147 Å². The van der Waals surface area contributed by atoms with Gasteiger partial charge in [-0.1, -0.05) is 81.7 Å². The van der Waals surface area contributed by atoms with Crippen molar-refractivity contribution in [1.29, 1.82) is 0 Å². The first kappa shape index (κ1) is 44.8. The lowest BCUT2D eigenvalue weighted by atomic mass is 10.2. The molecular weight excluding hydrogens is 1120 g/mol. The van der Waals surface area contributed by atoms with E-state index in [0.29, 0.717) is 23.6 Å². The fourth-order valence-corrected chi connectivity index (χ4v) is 17.6. The van der Waals surface area contributed by atoms with Crippen LogP contribution in [0.2, 0.25) is 0 Å². The van der Waals surface area contributed by atoms with Gasteiger partial charge in [-0.05, 0) is 91.0 Å². The molecule has 1 aromatic carbocycles. The summed E-state index contributed by atoms with van der Waals surface area (Å²) in [6.07, 6.45) is 14.5. The first-order valence-electron chi connectivity index (χ1n) is 28.7. The van der Waals surface area contributed by atoms with E-state index in [1.54, 1.807) is 41.3 Å². The SMILES string of the molecule is Cn1c2ncccc2c2sc3[n+](c21)Cc1cccnc1-3.[2H]C([2H])([2H])n1c2ncccc2c2sc3[n+](c21)Cc1cccnc1-3.c1ccc(-n2c3ncccc3c3sc4[n+](c32)Cc2cccnc2-4)cc1.c1cnc2c(c1)C[n+]1c-2sc2c3cccnc3oc21. The first-order valence-corrected chi connectivity index (χ1v) is 30.4. The number of furan rings is 1. The fraction of sp³-hybridized carbons (Fsp3) is 0.0938. The molecule has 17 aromatic rings. The number of rotatable bonds is 1. The predicted octanol–water partition coefficient (Wildman–Crippen LogP) is 11.7. The molecule has 0 radical (unpaired) electrons. The van der Waals surface area contributed by atoms with E-state index < -0.39 is 6.98 Å². The molecule has 0 amide bonds. The van der Waals surface area contributed by atoms with Gasteiger partial charge < -0.3 is 4.42 Å². The second kappa shape index (κ2) is 18.3. The number of pyridine rings is 8. The Labute approximate surface area is 496 Å². The smallest absolute Gasteiger partial charge is 0.384 e. The van der Waals surface area contributed by atoms with Gasteiger partial charge in [-0.3, -0.25) is 15.0 Å². The van der Waals surface area contributed by atoms with Crippen LogP contribution in [0.3, 0.4) is 0 Å². The van der Waals surface area contributed by atoms with Crippen LogP contribution in [0.1, 0.15) is 26.4 Å². The number of hydrogen-bond donors (Lipinski definition) is 0. The first-order chi connectivity index (χ1) is 42.7. The summed E-state index contributed by atoms with van der Waals surface area (Å²) >= 11 is 6.95. The summed E-state index contributed by atoms with van der Waals surface area (Å²) in [6.45, 7) is 0.964. The standard InChI is InChI=1S/C20H13N4S.2C15H11N4S.C14H8N3OS/c1-2-7-14(8-3-1)24-18-15(9-5-11-22-18)17-19(24)23-12-13-6-4-10-21-16(13)20(23)25-17;2*1-18-13-10(5-3-7-17-13)12-14(18)19-8-9-4-2-6-16-11(9)15(19)20-12;1-3-8-7-17-13-11(19-14(17)10(8)15-5-1)9-4-2-6-16-12(9)18-13/h1-11H,12H2;2*2-7H,8H2,1H3;1-6H,7H2/q4*+1/i;1D3;;. The molecule has 0 bridgehead atoms. The lowest BCUT2D eigenvalue weighted by Crippen LogP contribution is -2.32. The predicted molar refractivity (Wildman–Crippen MR) is 328 cm³/mol. The summed E-state index contributed by atoms with van der Waals surface area (Å²) in [4.78, 5) is 35.9. The van der Waals surface area contributed by atoms with E-state index in [9.17, 15) is 0 Å². The number of thiazole rings is 4. The van der Waals surface area contributed by atoms with Gasteiger partial charge in [0.1, 0.15) is 56.5 Å². The molecule has 0 unspecified atom stereocenters. The number of para-hydroxylation sites is 1. The summed E-state index contributed by atoms with van der Waals surface area (Å²) < 4.78 is 49.3. The van der Waals surface area contributed by atoms with E-state index in [-0.39, 0.29) is 0 Å². The van der Waals surface area contributed by atoms with Crippen LogP contribution in [0.15, 0.2) is 181 Å². The van der Waals surface area contributed by atoms with E-state index in [0.717, 1.165) is 95.8 Å². The van der Waals surface area contributed by atoms with E-state index in [1.807, 2.05) is 125 Å². The monoisotopic (exact) mass is 1170 g/mol. The van der Waals surface area contributed by atoms with Crippen molar-refractivity contribution in [3.05, 3.63) is 199 Å². The number of benzene rings is 1. The van der Waals surface area contributed by atoms with Gasteiger partial charge in [-0.15, -0.1) is 4.57 Å². The van der Waals surface area contributed by atoms with Crippen LogP contribution >= 0.6 is 45.3 Å². The minimum Gasteiger partial charge on any atom is -0.384 e. The second-order valence-electron chi connectivity index (χ2n) is 20.8. The molecule has 16 nitrogen and oxygen atoms in total. The van der Waals surface area contributed by atoms with Crippen LogP contribution < -0.4 is 18.3 Å². The van der Waals surface area contributed by atoms with Crippen molar-refractivity contribution in [2.75, 3.05) is 0 Å². The van der Waals surface area contributed by atoms with Gasteiger partial charge in [0, 0.05) is 66.3 Å². The molecule has 0 N–H and O–H groups in total. The molecule has 0 saturated carbocycles. The number of nitrogens with zero attached hydrogens (tertiary/aromatic N) is 15. The molecule has 21 rings (SSSR count). The van der Waals surface area contributed by atoms with Crippen molar-refractivity contribution in [3.8, 4) is 48.5 Å². The maximum absolute atomic E-state index is 7.95. The Hall–Kier alpha value is -9.86. The zero-order valence-electron chi connectivity index (χ0n) is 47.3. The zero-order valence-corrected chi connectivity index (χ0v) is 47.6. The summed E-state index contributed by atoms with van der Waals surface area (Å²) in [5.41, 5.74) is 17.7. The molecule has 20 heteroatoms. The normalized spacial score (nSPS) is 13.6. The Balaban J connectivity index is 0.0000000877. The van der Waals surface area contributed by atoms with Crippen molar-refractivity contribution in [3.63, 3.8) is 0 Å². The Bertz CT molecular complexity index is 5710. The third kappa shape index (κ3) is 6.89. The minimum atomic E-state index is -2.28. The highest BCUT2D eigenvalue weighted by Gasteiger charge is 2.39. The number of aryl methyl sites for hydroxylation is 2. The molecule has 20 heterocycles. The van der Waals surface area contributed by atoms with Crippen molar-refractivity contribution >= 4 is 131 Å². The van der Waals surface area contributed by atoms with Crippen molar-refractivity contribution in [1.82, 2.24) is 53.6 Å². The molecule has 4 aliphatic heterocycles. The Kier molecular flexibility index (Phi) is 9.76. The zero-order chi connectivity index (χ0) is 57.8. The van der Waals surface area contributed by atoms with Crippen LogP contribution in [0, 0.1) is 0 Å². The maximum Gasteiger partial charge on any atom is 0.395 e. The molecule has 0 spiro atoms. The van der Waals surface area contributed by atoms with E-state index in [4.69, 9.17) is 8.53 Å². The van der Waals surface area contributed by atoms with Gasteiger partial charge in [0.25, 0.3) is 5.01 Å². The minimum absolute atomic E-state index is 0.507. The quantitative estimate of drug-likeness (QED) is 0.147. The molecule has 0 saturated heterocycles. The van der Waals surface area contributed by atoms with Gasteiger partial charge >= 0.3 is 22.7 Å². The van der Waals surface area contributed by atoms with Gasteiger partial charge in [0.05, 0.1) is 45.2 Å². The van der Waals surface area contributed by atoms with Crippen LogP contribution in [-0.4, -0.2) is 53.6 Å². The number of fused-ring (bicyclic) bond motifs is 28. The van der Waals surface area contributed by atoms with Gasteiger partial charge in [-0.2, -0.15) is 4.57 Å². The molecule has 0 atom stereocenters. The lowest BCUT2D eigenvalue weighted by molar-refractivity contribution is -0.648. The highest BCUT2D eigenvalue weighted by molar-refractivity contribution is 7.23. The van der Waals surface area contributed by atoms with Crippen LogP contribution in [0.4, 0.5) is 0 Å². The van der Waals surface area contributed by atoms with Crippen LogP contribution in [0.5, 0.6) is 0 Å². The molecule has 16 aromatic heterocycles. The van der Waals surface area contributed by atoms with Crippen LogP contribution in [-0.2, 0) is 40.2 Å². The highest BCUT2D eigenvalue weighted by atomic mass is 32.1. The molecule has 84 heavy (non-hydrogen) atoms. The molecular formula is C64H43N15OS4+4. The van der Waals surface area contributed by atoms with E-state index in [2.05, 4.69) is 130 Å². The van der Waals surface area contributed by atoms with Crippen LogP contribution in [0.25, 0.3) is 134 Å². The molecule has 400 valence electrons. The summed E-state index contributed by atoms with van der Waals surface area (Å²) in [5.74, 6) is 0. The average Bonchev–Trinajstić information content (AvgIpc) is 1.97. The Morgan fingerprint density at radius 3 is 1.32 bits per heavy atom. The van der Waals surface area contributed by atoms with Crippen molar-refractivity contribution < 1.29 is 26.8 Å². The second-order valence-corrected chi connectivity index (χ2v) is 24.8. The summed E-state index contributed by atoms with van der Waals surface area (Å²) in [7, 11) is 2.09. The highest BCUT2D eigenvalue weighted by Crippen LogP contribution is 2.43. The van der Waals surface area contributed by atoms with Crippen molar-refractivity contribution in [2.24, 2.45) is 14.0 Å².